The van der Waals surface area contributed by atoms with E-state index in [1.165, 1.54) is 0 Å². The molecule has 1 fully saturated rings. The van der Waals surface area contributed by atoms with Crippen molar-refractivity contribution in [2.75, 3.05) is 13.2 Å². The Hall–Kier alpha value is -1.75. The lowest BCUT2D eigenvalue weighted by Gasteiger charge is -2.13. The van der Waals surface area contributed by atoms with Gasteiger partial charge in [-0.25, -0.2) is 4.79 Å². The number of hydrogen-bond acceptors (Lipinski definition) is 4. The second-order valence-corrected chi connectivity index (χ2v) is 5.99. The maximum absolute atomic E-state index is 11.6. The van der Waals surface area contributed by atoms with Gasteiger partial charge in [-0.15, -0.1) is 0 Å². The highest BCUT2D eigenvalue weighted by Crippen LogP contribution is 2.32. The molecule has 5 nitrogen and oxygen atoms in total. The van der Waals surface area contributed by atoms with Gasteiger partial charge in [0.25, 0.3) is 5.91 Å². The molecule has 2 rings (SSSR count). The summed E-state index contributed by atoms with van der Waals surface area (Å²) in [6.07, 6.45) is 2.30. The lowest BCUT2D eigenvalue weighted by atomic mass is 10.2. The first-order valence-corrected chi connectivity index (χ1v) is 7.67. The van der Waals surface area contributed by atoms with Crippen LogP contribution in [-0.2, 0) is 14.3 Å². The standard InChI is InChI=1S/C16H20ClNO4/c1-10-7-13(17)5-6-14(10)21-9-16(20)22-8-15(19)18-11(2)12-3-4-12/h5-7,11-12H,3-4,8-9H2,1-2H3,(H,18,19)/t11-/m0/s1. The molecule has 0 aliphatic heterocycles. The van der Waals surface area contributed by atoms with E-state index in [-0.39, 0.29) is 25.2 Å². The highest BCUT2D eigenvalue weighted by molar-refractivity contribution is 6.30. The van der Waals surface area contributed by atoms with Gasteiger partial charge in [0.2, 0.25) is 0 Å². The maximum Gasteiger partial charge on any atom is 0.344 e. The van der Waals surface area contributed by atoms with Crippen LogP contribution in [0.1, 0.15) is 25.3 Å². The minimum absolute atomic E-state index is 0.138. The average molecular weight is 326 g/mol. The normalized spacial score (nSPS) is 15.0. The summed E-state index contributed by atoms with van der Waals surface area (Å²) in [5.41, 5.74) is 0.830. The summed E-state index contributed by atoms with van der Waals surface area (Å²) in [6, 6.07) is 5.26. The van der Waals surface area contributed by atoms with E-state index in [1.54, 1.807) is 18.2 Å². The molecule has 1 aromatic rings. The minimum atomic E-state index is -0.580. The van der Waals surface area contributed by atoms with Gasteiger partial charge in [-0.2, -0.15) is 0 Å². The van der Waals surface area contributed by atoms with Crippen LogP contribution in [-0.4, -0.2) is 31.1 Å². The highest BCUT2D eigenvalue weighted by atomic mass is 35.5. The van der Waals surface area contributed by atoms with E-state index in [0.29, 0.717) is 16.7 Å². The second kappa shape index (κ2) is 7.49. The molecule has 120 valence electrons. The van der Waals surface area contributed by atoms with Crippen molar-refractivity contribution < 1.29 is 19.1 Å². The van der Waals surface area contributed by atoms with Gasteiger partial charge in [-0.3, -0.25) is 4.79 Å². The smallest absolute Gasteiger partial charge is 0.344 e. The Balaban J connectivity index is 1.67. The molecule has 0 unspecified atom stereocenters. The molecular weight excluding hydrogens is 306 g/mol. The number of carbonyl (C=O) groups is 2. The molecule has 0 bridgehead atoms. The van der Waals surface area contributed by atoms with Crippen LogP contribution in [0.5, 0.6) is 5.75 Å². The van der Waals surface area contributed by atoms with E-state index in [0.717, 1.165) is 18.4 Å². The molecule has 1 N–H and O–H groups in total. The molecule has 0 radical (unpaired) electrons. The van der Waals surface area contributed by atoms with E-state index in [9.17, 15) is 9.59 Å². The SMILES string of the molecule is Cc1cc(Cl)ccc1OCC(=O)OCC(=O)N[C@@H](C)C1CC1. The van der Waals surface area contributed by atoms with Gasteiger partial charge < -0.3 is 14.8 Å². The molecule has 0 aromatic heterocycles. The Kier molecular flexibility index (Phi) is 5.66. The zero-order valence-electron chi connectivity index (χ0n) is 12.7. The summed E-state index contributed by atoms with van der Waals surface area (Å²) in [6.45, 7) is 3.27. The summed E-state index contributed by atoms with van der Waals surface area (Å²) in [5.74, 6) is 0.267. The van der Waals surface area contributed by atoms with Crippen LogP contribution in [0.2, 0.25) is 5.02 Å². The fraction of sp³-hybridized carbons (Fsp3) is 0.500. The van der Waals surface area contributed by atoms with E-state index in [2.05, 4.69) is 5.32 Å². The third-order valence-electron chi connectivity index (χ3n) is 3.56. The van der Waals surface area contributed by atoms with Crippen molar-refractivity contribution in [3.8, 4) is 5.75 Å². The number of amides is 1. The monoisotopic (exact) mass is 325 g/mol. The maximum atomic E-state index is 11.6. The molecule has 1 saturated carbocycles. The van der Waals surface area contributed by atoms with Crippen LogP contribution in [0.25, 0.3) is 0 Å². The van der Waals surface area contributed by atoms with Gasteiger partial charge in [0.15, 0.2) is 13.2 Å². The van der Waals surface area contributed by atoms with Crippen molar-refractivity contribution in [3.05, 3.63) is 28.8 Å². The molecule has 1 amide bonds. The number of nitrogens with one attached hydrogen (secondary N) is 1. The Bertz CT molecular complexity index is 557. The third-order valence-corrected chi connectivity index (χ3v) is 3.80. The number of benzene rings is 1. The number of ether oxygens (including phenoxy) is 2. The molecule has 0 spiro atoms. The summed E-state index contributed by atoms with van der Waals surface area (Å²) in [7, 11) is 0. The van der Waals surface area contributed by atoms with Gasteiger partial charge in [0.05, 0.1) is 0 Å². The summed E-state index contributed by atoms with van der Waals surface area (Å²) < 4.78 is 10.2. The number of carbonyl (C=O) groups excluding carboxylic acids is 2. The Labute approximate surface area is 134 Å². The van der Waals surface area contributed by atoms with Crippen molar-refractivity contribution in [1.82, 2.24) is 5.32 Å². The highest BCUT2D eigenvalue weighted by Gasteiger charge is 2.28. The molecule has 6 heteroatoms. The summed E-state index contributed by atoms with van der Waals surface area (Å²) in [4.78, 5) is 23.2. The molecule has 0 saturated heterocycles. The van der Waals surface area contributed by atoms with Gasteiger partial charge in [0, 0.05) is 11.1 Å². The lowest BCUT2D eigenvalue weighted by Crippen LogP contribution is -2.37. The van der Waals surface area contributed by atoms with Gasteiger partial charge in [0.1, 0.15) is 5.75 Å². The van der Waals surface area contributed by atoms with E-state index >= 15 is 0 Å². The fourth-order valence-corrected chi connectivity index (χ4v) is 2.34. The Morgan fingerprint density at radius 2 is 2.09 bits per heavy atom. The van der Waals surface area contributed by atoms with E-state index in [4.69, 9.17) is 21.1 Å². The number of esters is 1. The lowest BCUT2D eigenvalue weighted by molar-refractivity contribution is -0.150. The fourth-order valence-electron chi connectivity index (χ4n) is 2.11. The second-order valence-electron chi connectivity index (χ2n) is 5.55. The molecule has 1 atom stereocenters. The van der Waals surface area contributed by atoms with Crippen LogP contribution in [0.3, 0.4) is 0 Å². The predicted octanol–water partition coefficient (Wildman–Crippen LogP) is 2.49. The van der Waals surface area contributed by atoms with Crippen LogP contribution in [0.4, 0.5) is 0 Å². The molecule has 1 aromatic carbocycles. The van der Waals surface area contributed by atoms with Crippen molar-refractivity contribution in [2.24, 2.45) is 5.92 Å². The summed E-state index contributed by atoms with van der Waals surface area (Å²) in [5, 5.41) is 3.42. The first-order valence-electron chi connectivity index (χ1n) is 7.29. The Morgan fingerprint density at radius 1 is 1.36 bits per heavy atom. The molecule has 1 aliphatic carbocycles. The van der Waals surface area contributed by atoms with E-state index in [1.807, 2.05) is 13.8 Å². The number of aryl methyl sites for hydroxylation is 1. The van der Waals surface area contributed by atoms with Crippen LogP contribution >= 0.6 is 11.6 Å². The predicted molar refractivity (Wildman–Crippen MR) is 83.0 cm³/mol. The largest absolute Gasteiger partial charge is 0.482 e. The minimum Gasteiger partial charge on any atom is -0.482 e. The molecule has 0 heterocycles. The number of halogens is 1. The topological polar surface area (TPSA) is 64.6 Å². The third kappa shape index (κ3) is 5.22. The van der Waals surface area contributed by atoms with Crippen molar-refractivity contribution >= 4 is 23.5 Å². The van der Waals surface area contributed by atoms with Crippen molar-refractivity contribution in [3.63, 3.8) is 0 Å². The molecular formula is C16H20ClNO4. The number of hydrogen-bond donors (Lipinski definition) is 1. The van der Waals surface area contributed by atoms with Crippen molar-refractivity contribution in [1.29, 1.82) is 0 Å². The van der Waals surface area contributed by atoms with Gasteiger partial charge in [-0.1, -0.05) is 11.6 Å². The first-order chi connectivity index (χ1) is 10.5. The van der Waals surface area contributed by atoms with Crippen LogP contribution in [0.15, 0.2) is 18.2 Å². The Morgan fingerprint density at radius 3 is 2.73 bits per heavy atom. The molecule has 1 aliphatic rings. The van der Waals surface area contributed by atoms with Crippen molar-refractivity contribution in [2.45, 2.75) is 32.7 Å². The zero-order valence-corrected chi connectivity index (χ0v) is 13.5. The molecule has 22 heavy (non-hydrogen) atoms. The average Bonchev–Trinajstić information content (AvgIpc) is 3.28. The van der Waals surface area contributed by atoms with Crippen LogP contribution in [0, 0.1) is 12.8 Å². The number of rotatable bonds is 7. The zero-order chi connectivity index (χ0) is 16.1. The van der Waals surface area contributed by atoms with Gasteiger partial charge in [-0.05, 0) is 56.4 Å². The quantitative estimate of drug-likeness (QED) is 0.782. The van der Waals surface area contributed by atoms with Gasteiger partial charge >= 0.3 is 5.97 Å². The summed E-state index contributed by atoms with van der Waals surface area (Å²) >= 11 is 5.84. The van der Waals surface area contributed by atoms with E-state index < -0.39 is 5.97 Å². The first kappa shape index (κ1) is 16.6. The van der Waals surface area contributed by atoms with Crippen LogP contribution < -0.4 is 10.1 Å².